The SMILES string of the molecule is O=S(=O)(O)OCCOc1ccc(OCCO)cc1. The molecule has 0 heterocycles. The average molecular weight is 278 g/mol. The smallest absolute Gasteiger partial charge is 0.397 e. The fourth-order valence-corrected chi connectivity index (χ4v) is 1.37. The molecule has 0 aromatic heterocycles. The lowest BCUT2D eigenvalue weighted by Crippen LogP contribution is -2.11. The van der Waals surface area contributed by atoms with Gasteiger partial charge in [0.25, 0.3) is 0 Å². The van der Waals surface area contributed by atoms with Crippen molar-refractivity contribution in [3.05, 3.63) is 24.3 Å². The van der Waals surface area contributed by atoms with Gasteiger partial charge in [-0.1, -0.05) is 0 Å². The number of rotatable bonds is 8. The van der Waals surface area contributed by atoms with E-state index < -0.39 is 10.4 Å². The predicted molar refractivity (Wildman–Crippen MR) is 62.0 cm³/mol. The van der Waals surface area contributed by atoms with E-state index in [1.165, 1.54) is 0 Å². The van der Waals surface area contributed by atoms with Gasteiger partial charge in [-0.05, 0) is 24.3 Å². The molecule has 0 aliphatic carbocycles. The maximum atomic E-state index is 10.2. The maximum Gasteiger partial charge on any atom is 0.397 e. The van der Waals surface area contributed by atoms with Crippen LogP contribution in [0.15, 0.2) is 24.3 Å². The molecule has 1 aromatic carbocycles. The third kappa shape index (κ3) is 6.40. The number of benzene rings is 1. The average Bonchev–Trinajstić information content (AvgIpc) is 2.32. The normalized spacial score (nSPS) is 11.2. The van der Waals surface area contributed by atoms with E-state index >= 15 is 0 Å². The van der Waals surface area contributed by atoms with Crippen molar-refractivity contribution in [2.75, 3.05) is 26.4 Å². The Bertz CT molecular complexity index is 440. The van der Waals surface area contributed by atoms with Crippen LogP contribution in [-0.2, 0) is 14.6 Å². The Morgan fingerprint density at radius 2 is 1.44 bits per heavy atom. The van der Waals surface area contributed by atoms with E-state index in [4.69, 9.17) is 19.1 Å². The van der Waals surface area contributed by atoms with Crippen molar-refractivity contribution in [2.24, 2.45) is 0 Å². The molecule has 1 rings (SSSR count). The summed E-state index contributed by atoms with van der Waals surface area (Å²) in [4.78, 5) is 0. The van der Waals surface area contributed by atoms with Crippen molar-refractivity contribution in [3.8, 4) is 11.5 Å². The molecule has 0 bridgehead atoms. The van der Waals surface area contributed by atoms with E-state index in [-0.39, 0.29) is 26.4 Å². The number of aliphatic hydroxyl groups is 1. The summed E-state index contributed by atoms with van der Waals surface area (Å²) < 4.78 is 43.1. The lowest BCUT2D eigenvalue weighted by atomic mass is 10.3. The highest BCUT2D eigenvalue weighted by Crippen LogP contribution is 2.17. The van der Waals surface area contributed by atoms with Crippen LogP contribution in [0.25, 0.3) is 0 Å². The molecule has 7 nitrogen and oxygen atoms in total. The summed E-state index contributed by atoms with van der Waals surface area (Å²) >= 11 is 0. The zero-order chi connectivity index (χ0) is 13.4. The lowest BCUT2D eigenvalue weighted by Gasteiger charge is -2.07. The van der Waals surface area contributed by atoms with Crippen LogP contribution in [0.3, 0.4) is 0 Å². The minimum Gasteiger partial charge on any atom is -0.491 e. The van der Waals surface area contributed by atoms with Gasteiger partial charge in [0.1, 0.15) is 31.3 Å². The highest BCUT2D eigenvalue weighted by atomic mass is 32.3. The fourth-order valence-electron chi connectivity index (χ4n) is 1.09. The molecular formula is C10H14O7S. The van der Waals surface area contributed by atoms with Gasteiger partial charge in [0.15, 0.2) is 0 Å². The van der Waals surface area contributed by atoms with E-state index in [9.17, 15) is 8.42 Å². The van der Waals surface area contributed by atoms with Crippen LogP contribution in [0.4, 0.5) is 0 Å². The second-order valence-corrected chi connectivity index (χ2v) is 4.23. The predicted octanol–water partition coefficient (Wildman–Crippen LogP) is 0.256. The molecule has 0 saturated carbocycles. The quantitative estimate of drug-likeness (QED) is 0.519. The lowest BCUT2D eigenvalue weighted by molar-refractivity contribution is 0.198. The molecule has 102 valence electrons. The van der Waals surface area contributed by atoms with Gasteiger partial charge in [0.2, 0.25) is 0 Å². The van der Waals surface area contributed by atoms with Crippen LogP contribution in [0, 0.1) is 0 Å². The van der Waals surface area contributed by atoms with Crippen LogP contribution in [0.1, 0.15) is 0 Å². The summed E-state index contributed by atoms with van der Waals surface area (Å²) in [6.07, 6.45) is 0. The molecule has 0 fully saturated rings. The van der Waals surface area contributed by atoms with Crippen LogP contribution < -0.4 is 9.47 Å². The molecular weight excluding hydrogens is 264 g/mol. The van der Waals surface area contributed by atoms with Gasteiger partial charge in [0.05, 0.1) is 6.61 Å². The number of ether oxygens (including phenoxy) is 2. The Morgan fingerprint density at radius 3 is 1.89 bits per heavy atom. The Morgan fingerprint density at radius 1 is 0.944 bits per heavy atom. The van der Waals surface area contributed by atoms with Gasteiger partial charge in [0, 0.05) is 0 Å². The molecule has 0 aliphatic heterocycles. The Labute approximate surface area is 105 Å². The number of hydrogen-bond donors (Lipinski definition) is 2. The van der Waals surface area contributed by atoms with E-state index in [1.54, 1.807) is 24.3 Å². The van der Waals surface area contributed by atoms with Crippen LogP contribution >= 0.6 is 0 Å². The topological polar surface area (TPSA) is 102 Å². The van der Waals surface area contributed by atoms with E-state index in [0.29, 0.717) is 11.5 Å². The third-order valence-corrected chi connectivity index (χ3v) is 2.23. The summed E-state index contributed by atoms with van der Waals surface area (Å²) in [5, 5.41) is 8.56. The van der Waals surface area contributed by atoms with E-state index in [0.717, 1.165) is 0 Å². The second kappa shape index (κ2) is 7.17. The highest BCUT2D eigenvalue weighted by molar-refractivity contribution is 7.80. The van der Waals surface area contributed by atoms with Crippen molar-refractivity contribution in [2.45, 2.75) is 0 Å². The molecule has 1 aromatic rings. The maximum absolute atomic E-state index is 10.2. The minimum atomic E-state index is -4.42. The molecule has 8 heteroatoms. The summed E-state index contributed by atoms with van der Waals surface area (Å²) in [5.74, 6) is 1.09. The van der Waals surface area contributed by atoms with Crippen LogP contribution in [0.5, 0.6) is 11.5 Å². The van der Waals surface area contributed by atoms with E-state index in [1.807, 2.05) is 0 Å². The molecule has 2 N–H and O–H groups in total. The summed E-state index contributed by atoms with van der Waals surface area (Å²) in [6, 6.07) is 6.55. The van der Waals surface area contributed by atoms with Crippen molar-refractivity contribution in [3.63, 3.8) is 0 Å². The zero-order valence-electron chi connectivity index (χ0n) is 9.48. The fraction of sp³-hybridized carbons (Fsp3) is 0.400. The molecule has 0 radical (unpaired) electrons. The number of aliphatic hydroxyl groups excluding tert-OH is 1. The molecule has 0 saturated heterocycles. The first-order valence-corrected chi connectivity index (χ1v) is 6.46. The van der Waals surface area contributed by atoms with Crippen molar-refractivity contribution in [1.29, 1.82) is 0 Å². The summed E-state index contributed by atoms with van der Waals surface area (Å²) in [7, 11) is -4.42. The molecule has 0 atom stereocenters. The Hall–Kier alpha value is -1.35. The van der Waals surface area contributed by atoms with E-state index in [2.05, 4.69) is 4.18 Å². The standard InChI is InChI=1S/C10H14O7S/c11-5-6-15-9-1-3-10(4-2-9)16-7-8-17-18(12,13)14/h1-4,11H,5-8H2,(H,12,13,14). The first-order chi connectivity index (χ1) is 8.51. The van der Waals surface area contributed by atoms with Gasteiger partial charge >= 0.3 is 10.4 Å². The Kier molecular flexibility index (Phi) is 5.86. The van der Waals surface area contributed by atoms with Crippen molar-refractivity contribution < 1.29 is 31.7 Å². The molecule has 0 spiro atoms. The largest absolute Gasteiger partial charge is 0.491 e. The summed E-state index contributed by atoms with van der Waals surface area (Å²) in [6.45, 7) is -0.147. The van der Waals surface area contributed by atoms with Gasteiger partial charge in [-0.2, -0.15) is 8.42 Å². The van der Waals surface area contributed by atoms with Gasteiger partial charge in [-0.3, -0.25) is 4.55 Å². The monoisotopic (exact) mass is 278 g/mol. The Balaban J connectivity index is 2.31. The molecule has 0 amide bonds. The zero-order valence-corrected chi connectivity index (χ0v) is 10.3. The van der Waals surface area contributed by atoms with Gasteiger partial charge in [-0.25, -0.2) is 4.18 Å². The van der Waals surface area contributed by atoms with Gasteiger partial charge in [-0.15, -0.1) is 0 Å². The molecule has 18 heavy (non-hydrogen) atoms. The first kappa shape index (κ1) is 14.7. The number of hydrogen-bond acceptors (Lipinski definition) is 6. The highest BCUT2D eigenvalue weighted by Gasteiger charge is 2.03. The molecule has 0 unspecified atom stereocenters. The first-order valence-electron chi connectivity index (χ1n) is 5.09. The third-order valence-electron chi connectivity index (χ3n) is 1.77. The second-order valence-electron chi connectivity index (χ2n) is 3.14. The molecule has 0 aliphatic rings. The van der Waals surface area contributed by atoms with Crippen LogP contribution in [-0.4, -0.2) is 44.5 Å². The van der Waals surface area contributed by atoms with Crippen LogP contribution in [0.2, 0.25) is 0 Å². The van der Waals surface area contributed by atoms with Gasteiger partial charge < -0.3 is 14.6 Å². The van der Waals surface area contributed by atoms with Crippen molar-refractivity contribution >= 4 is 10.4 Å². The van der Waals surface area contributed by atoms with Crippen molar-refractivity contribution in [1.82, 2.24) is 0 Å². The summed E-state index contributed by atoms with van der Waals surface area (Å²) in [5.41, 5.74) is 0. The minimum absolute atomic E-state index is 0.0172.